The summed E-state index contributed by atoms with van der Waals surface area (Å²) in [7, 11) is 0. The van der Waals surface area contributed by atoms with E-state index in [2.05, 4.69) is 18.7 Å². The number of aliphatic hydroxyl groups is 1. The van der Waals surface area contributed by atoms with E-state index in [0.29, 0.717) is 17.6 Å². The lowest BCUT2D eigenvalue weighted by Crippen LogP contribution is -2.27. The molecule has 21 heavy (non-hydrogen) atoms. The normalized spacial score (nSPS) is 13.2. The molecule has 1 atom stereocenters. The van der Waals surface area contributed by atoms with Gasteiger partial charge in [0, 0.05) is 22.2 Å². The van der Waals surface area contributed by atoms with Crippen LogP contribution in [-0.4, -0.2) is 42.9 Å². The average molecular weight is 311 g/mol. The van der Waals surface area contributed by atoms with Crippen molar-refractivity contribution in [3.63, 3.8) is 0 Å². The molecule has 0 bridgehead atoms. The molecule has 1 unspecified atom stereocenters. The van der Waals surface area contributed by atoms with E-state index < -0.39 is 6.10 Å². The Morgan fingerprint density at radius 1 is 1.29 bits per heavy atom. The molecule has 0 aliphatic heterocycles. The predicted octanol–water partition coefficient (Wildman–Crippen LogP) is 3.43. The number of hydrogen-bond acceptors (Lipinski definition) is 4. The van der Waals surface area contributed by atoms with E-state index in [4.69, 9.17) is 4.74 Å². The van der Waals surface area contributed by atoms with Crippen molar-refractivity contribution in [3.05, 3.63) is 35.0 Å². The summed E-state index contributed by atoms with van der Waals surface area (Å²) in [6.45, 7) is 7.64. The number of rotatable bonds is 8. The van der Waals surface area contributed by atoms with Crippen LogP contribution < -0.4 is 0 Å². The van der Waals surface area contributed by atoms with Crippen molar-refractivity contribution in [2.24, 2.45) is 0 Å². The molecule has 1 N–H and O–H groups in total. The van der Waals surface area contributed by atoms with Gasteiger partial charge < -0.3 is 14.7 Å². The second-order valence-electron chi connectivity index (χ2n) is 4.92. The van der Waals surface area contributed by atoms with Gasteiger partial charge in [0.15, 0.2) is 0 Å². The van der Waals surface area contributed by atoms with Crippen LogP contribution in [0.1, 0.15) is 25.5 Å². The van der Waals surface area contributed by atoms with Crippen molar-refractivity contribution in [3.8, 4) is 0 Å². The van der Waals surface area contributed by atoms with Gasteiger partial charge in [-0.1, -0.05) is 19.9 Å². The molecule has 2 aromatic rings. The number of fused-ring (bicyclic) bond motifs is 1. The Bertz CT molecular complexity index is 568. The summed E-state index contributed by atoms with van der Waals surface area (Å²) in [4.78, 5) is 2.24. The molecule has 0 fully saturated rings. The van der Waals surface area contributed by atoms with Gasteiger partial charge >= 0.3 is 0 Å². The van der Waals surface area contributed by atoms with E-state index in [1.165, 1.54) is 11.3 Å². The van der Waals surface area contributed by atoms with Crippen molar-refractivity contribution >= 4 is 21.4 Å². The maximum absolute atomic E-state index is 14.3. The van der Waals surface area contributed by atoms with Gasteiger partial charge in [0.05, 0.1) is 13.2 Å². The van der Waals surface area contributed by atoms with E-state index in [9.17, 15) is 9.50 Å². The first-order valence-electron chi connectivity index (χ1n) is 7.31. The van der Waals surface area contributed by atoms with Crippen molar-refractivity contribution < 1.29 is 14.2 Å². The lowest BCUT2D eigenvalue weighted by Gasteiger charge is -2.18. The zero-order valence-electron chi connectivity index (χ0n) is 12.5. The molecule has 0 saturated heterocycles. The van der Waals surface area contributed by atoms with Crippen LogP contribution in [0.5, 0.6) is 0 Å². The highest BCUT2D eigenvalue weighted by molar-refractivity contribution is 7.17. The summed E-state index contributed by atoms with van der Waals surface area (Å²) < 4.78 is 20.7. The van der Waals surface area contributed by atoms with Crippen LogP contribution in [0.4, 0.5) is 4.39 Å². The SMILES string of the molecule is CCN(CC)CCOCC(O)c1ccc2sccc2c1F. The number of hydrogen-bond donors (Lipinski definition) is 1. The highest BCUT2D eigenvalue weighted by atomic mass is 32.1. The van der Waals surface area contributed by atoms with Gasteiger partial charge in [-0.05, 0) is 30.6 Å². The quantitative estimate of drug-likeness (QED) is 0.758. The van der Waals surface area contributed by atoms with Gasteiger partial charge in [-0.15, -0.1) is 11.3 Å². The molecule has 0 saturated carbocycles. The Morgan fingerprint density at radius 3 is 2.76 bits per heavy atom. The Hall–Kier alpha value is -1.01. The first kappa shape index (κ1) is 16.4. The number of aliphatic hydroxyl groups excluding tert-OH is 1. The highest BCUT2D eigenvalue weighted by Crippen LogP contribution is 2.28. The summed E-state index contributed by atoms with van der Waals surface area (Å²) in [6.07, 6.45) is -0.925. The van der Waals surface area contributed by atoms with Crippen LogP contribution in [0.2, 0.25) is 0 Å². The minimum Gasteiger partial charge on any atom is -0.386 e. The molecule has 0 spiro atoms. The van der Waals surface area contributed by atoms with Gasteiger partial charge in [-0.25, -0.2) is 4.39 Å². The summed E-state index contributed by atoms with van der Waals surface area (Å²) in [5.74, 6) is -0.339. The fourth-order valence-corrected chi connectivity index (χ4v) is 3.08. The minimum atomic E-state index is -0.925. The van der Waals surface area contributed by atoms with Crippen LogP contribution >= 0.6 is 11.3 Å². The van der Waals surface area contributed by atoms with Crippen molar-refractivity contribution in [1.29, 1.82) is 0 Å². The lowest BCUT2D eigenvalue weighted by atomic mass is 10.1. The van der Waals surface area contributed by atoms with Crippen LogP contribution in [0, 0.1) is 5.82 Å². The Labute approximate surface area is 129 Å². The largest absolute Gasteiger partial charge is 0.386 e. The molecular weight excluding hydrogens is 289 g/mol. The first-order chi connectivity index (χ1) is 10.2. The zero-order valence-corrected chi connectivity index (χ0v) is 13.3. The summed E-state index contributed by atoms with van der Waals surface area (Å²) in [6, 6.07) is 5.23. The van der Waals surface area contributed by atoms with Crippen LogP contribution in [-0.2, 0) is 4.74 Å². The summed E-state index contributed by atoms with van der Waals surface area (Å²) >= 11 is 1.49. The number of halogens is 1. The van der Waals surface area contributed by atoms with E-state index in [1.807, 2.05) is 11.4 Å². The molecule has 2 rings (SSSR count). The molecule has 0 aliphatic carbocycles. The second kappa shape index (κ2) is 7.84. The van der Waals surface area contributed by atoms with Crippen molar-refractivity contribution in [2.45, 2.75) is 20.0 Å². The van der Waals surface area contributed by atoms with Crippen LogP contribution in [0.15, 0.2) is 23.6 Å². The Balaban J connectivity index is 1.90. The molecule has 3 nitrogen and oxygen atoms in total. The third-order valence-electron chi connectivity index (χ3n) is 3.68. The van der Waals surface area contributed by atoms with Gasteiger partial charge in [-0.2, -0.15) is 0 Å². The molecule has 0 amide bonds. The monoisotopic (exact) mass is 311 g/mol. The fourth-order valence-electron chi connectivity index (χ4n) is 2.30. The zero-order chi connectivity index (χ0) is 15.2. The third kappa shape index (κ3) is 4.01. The topological polar surface area (TPSA) is 32.7 Å². The lowest BCUT2D eigenvalue weighted by molar-refractivity contribution is 0.0259. The molecule has 1 aromatic heterocycles. The first-order valence-corrected chi connectivity index (χ1v) is 8.19. The molecule has 5 heteroatoms. The Morgan fingerprint density at radius 2 is 2.05 bits per heavy atom. The predicted molar refractivity (Wildman–Crippen MR) is 85.3 cm³/mol. The second-order valence-corrected chi connectivity index (χ2v) is 5.87. The van der Waals surface area contributed by atoms with E-state index in [0.717, 1.165) is 24.3 Å². The molecule has 1 aromatic carbocycles. The van der Waals surface area contributed by atoms with Crippen molar-refractivity contribution in [1.82, 2.24) is 4.90 Å². The minimum absolute atomic E-state index is 0.119. The van der Waals surface area contributed by atoms with Gasteiger partial charge in [0.2, 0.25) is 0 Å². The molecule has 0 radical (unpaired) electrons. The summed E-state index contributed by atoms with van der Waals surface area (Å²) in [5.41, 5.74) is 0.309. The van der Waals surface area contributed by atoms with Crippen molar-refractivity contribution in [2.75, 3.05) is 32.8 Å². The van der Waals surface area contributed by atoms with E-state index in [1.54, 1.807) is 12.1 Å². The fraction of sp³-hybridized carbons (Fsp3) is 0.500. The standard InChI is InChI=1S/C16H22FNO2S/c1-3-18(4-2)8-9-20-11-14(19)12-5-6-15-13(16(12)17)7-10-21-15/h5-7,10,14,19H,3-4,8-9,11H2,1-2H3. The van der Waals surface area contributed by atoms with Gasteiger partial charge in [0.1, 0.15) is 11.9 Å². The summed E-state index contributed by atoms with van der Waals surface area (Å²) in [5, 5.41) is 12.5. The average Bonchev–Trinajstić information content (AvgIpc) is 2.97. The Kier molecular flexibility index (Phi) is 6.11. The molecule has 0 aliphatic rings. The van der Waals surface area contributed by atoms with Gasteiger partial charge in [0.25, 0.3) is 0 Å². The number of nitrogens with zero attached hydrogens (tertiary/aromatic N) is 1. The smallest absolute Gasteiger partial charge is 0.137 e. The number of benzene rings is 1. The number of ether oxygens (including phenoxy) is 1. The maximum atomic E-state index is 14.3. The third-order valence-corrected chi connectivity index (χ3v) is 4.56. The van der Waals surface area contributed by atoms with Crippen LogP contribution in [0.25, 0.3) is 10.1 Å². The number of likely N-dealkylation sites (N-methyl/N-ethyl adjacent to an activating group) is 1. The molecular formula is C16H22FNO2S. The molecule has 1 heterocycles. The van der Waals surface area contributed by atoms with Gasteiger partial charge in [-0.3, -0.25) is 0 Å². The molecule has 116 valence electrons. The van der Waals surface area contributed by atoms with Crippen LogP contribution in [0.3, 0.4) is 0 Å². The highest BCUT2D eigenvalue weighted by Gasteiger charge is 2.16. The maximum Gasteiger partial charge on any atom is 0.137 e. The van der Waals surface area contributed by atoms with E-state index in [-0.39, 0.29) is 12.4 Å². The number of thiophene rings is 1. The van der Waals surface area contributed by atoms with E-state index >= 15 is 0 Å².